The summed E-state index contributed by atoms with van der Waals surface area (Å²) in [4.78, 5) is 8.64. The van der Waals surface area contributed by atoms with Crippen molar-refractivity contribution in [2.75, 3.05) is 5.73 Å². The Hall–Kier alpha value is -2.62. The number of nitrogens with zero attached hydrogens (tertiary/aromatic N) is 2. The smallest absolute Gasteiger partial charge is 0.219 e. The Labute approximate surface area is 110 Å². The minimum atomic E-state index is 0.505. The van der Waals surface area contributed by atoms with Gasteiger partial charge in [-0.05, 0) is 25.1 Å². The highest BCUT2D eigenvalue weighted by atomic mass is 16.5. The molecule has 0 spiro atoms. The second-order valence-corrected chi connectivity index (χ2v) is 4.31. The van der Waals surface area contributed by atoms with Crippen LogP contribution in [0, 0.1) is 6.92 Å². The molecule has 3 rings (SSSR count). The minimum Gasteiger partial charge on any atom is -0.437 e. The lowest BCUT2D eigenvalue weighted by Gasteiger charge is -2.08. The number of aromatic nitrogens is 2. The molecule has 0 aliphatic rings. The molecule has 0 aliphatic heterocycles. The number of benzene rings is 1. The first-order valence-electron chi connectivity index (χ1n) is 5.98. The van der Waals surface area contributed by atoms with Crippen molar-refractivity contribution in [1.82, 2.24) is 9.97 Å². The van der Waals surface area contributed by atoms with Gasteiger partial charge in [-0.3, -0.25) is 0 Å². The number of anilines is 1. The van der Waals surface area contributed by atoms with Crippen LogP contribution in [0.4, 0.5) is 5.69 Å². The molecule has 0 amide bonds. The average Bonchev–Trinajstić information content (AvgIpc) is 2.42. The molecule has 0 fully saturated rings. The topological polar surface area (TPSA) is 61.0 Å². The quantitative estimate of drug-likeness (QED) is 0.759. The number of nitrogens with two attached hydrogens (primary N) is 1. The highest BCUT2D eigenvalue weighted by molar-refractivity contribution is 5.84. The van der Waals surface area contributed by atoms with E-state index in [1.165, 1.54) is 0 Å². The van der Waals surface area contributed by atoms with E-state index in [1.54, 1.807) is 18.3 Å². The molecular formula is C15H13N3O. The number of nitrogen functional groups attached to an aromatic ring is 1. The maximum absolute atomic E-state index is 5.77. The molecule has 0 saturated carbocycles. The van der Waals surface area contributed by atoms with Crippen molar-refractivity contribution >= 4 is 16.6 Å². The monoisotopic (exact) mass is 251 g/mol. The first-order valence-corrected chi connectivity index (χ1v) is 5.98. The van der Waals surface area contributed by atoms with Crippen LogP contribution in [0.1, 0.15) is 5.69 Å². The largest absolute Gasteiger partial charge is 0.437 e. The van der Waals surface area contributed by atoms with E-state index in [4.69, 9.17) is 10.5 Å². The maximum Gasteiger partial charge on any atom is 0.219 e. The SMILES string of the molecule is Cc1ccc2cccc(Oc3ccc(N)cn3)c2n1. The molecule has 2 aromatic heterocycles. The Kier molecular flexibility index (Phi) is 2.76. The van der Waals surface area contributed by atoms with Crippen molar-refractivity contribution in [2.24, 2.45) is 0 Å². The summed E-state index contributed by atoms with van der Waals surface area (Å²) in [7, 11) is 0. The van der Waals surface area contributed by atoms with Crippen LogP contribution in [0.2, 0.25) is 0 Å². The van der Waals surface area contributed by atoms with Gasteiger partial charge in [-0.25, -0.2) is 9.97 Å². The zero-order valence-electron chi connectivity index (χ0n) is 10.5. The van der Waals surface area contributed by atoms with Crippen molar-refractivity contribution in [3.8, 4) is 11.6 Å². The fourth-order valence-electron chi connectivity index (χ4n) is 1.86. The normalized spacial score (nSPS) is 10.6. The number of hydrogen-bond donors (Lipinski definition) is 1. The van der Waals surface area contributed by atoms with Gasteiger partial charge >= 0.3 is 0 Å². The summed E-state index contributed by atoms with van der Waals surface area (Å²) in [6.45, 7) is 1.96. The summed E-state index contributed by atoms with van der Waals surface area (Å²) >= 11 is 0. The second kappa shape index (κ2) is 4.57. The zero-order chi connectivity index (χ0) is 13.2. The number of pyridine rings is 2. The third-order valence-electron chi connectivity index (χ3n) is 2.80. The number of para-hydroxylation sites is 1. The van der Waals surface area contributed by atoms with Crippen molar-refractivity contribution < 1.29 is 4.74 Å². The lowest BCUT2D eigenvalue weighted by Crippen LogP contribution is -1.92. The minimum absolute atomic E-state index is 0.505. The Balaban J connectivity index is 2.05. The molecule has 0 radical (unpaired) electrons. The van der Waals surface area contributed by atoms with Gasteiger partial charge in [0.25, 0.3) is 0 Å². The summed E-state index contributed by atoms with van der Waals surface area (Å²) in [5.74, 6) is 1.20. The number of ether oxygens (including phenoxy) is 1. The summed E-state index contributed by atoms with van der Waals surface area (Å²) < 4.78 is 5.77. The molecule has 4 nitrogen and oxygen atoms in total. The van der Waals surface area contributed by atoms with Gasteiger partial charge in [-0.1, -0.05) is 18.2 Å². The van der Waals surface area contributed by atoms with Crippen LogP contribution in [0.3, 0.4) is 0 Å². The van der Waals surface area contributed by atoms with Gasteiger partial charge in [0.15, 0.2) is 5.75 Å². The molecule has 1 aromatic carbocycles. The lowest BCUT2D eigenvalue weighted by atomic mass is 10.2. The van der Waals surface area contributed by atoms with Crippen LogP contribution >= 0.6 is 0 Å². The molecule has 0 saturated heterocycles. The van der Waals surface area contributed by atoms with E-state index in [0.29, 0.717) is 17.3 Å². The maximum atomic E-state index is 5.77. The van der Waals surface area contributed by atoms with E-state index in [9.17, 15) is 0 Å². The van der Waals surface area contributed by atoms with E-state index < -0.39 is 0 Å². The van der Waals surface area contributed by atoms with Crippen LogP contribution < -0.4 is 10.5 Å². The molecule has 0 atom stereocenters. The number of aryl methyl sites for hydroxylation is 1. The van der Waals surface area contributed by atoms with Gasteiger partial charge in [0.2, 0.25) is 5.88 Å². The summed E-state index contributed by atoms with van der Waals surface area (Å²) in [5.41, 5.74) is 8.00. The predicted molar refractivity (Wildman–Crippen MR) is 75.2 cm³/mol. The zero-order valence-corrected chi connectivity index (χ0v) is 10.5. The molecule has 94 valence electrons. The van der Waals surface area contributed by atoms with Crippen LogP contribution in [-0.2, 0) is 0 Å². The van der Waals surface area contributed by atoms with E-state index in [1.807, 2.05) is 37.3 Å². The van der Waals surface area contributed by atoms with Gasteiger partial charge in [-0.2, -0.15) is 0 Å². The Morgan fingerprint density at radius 2 is 1.95 bits per heavy atom. The first kappa shape index (κ1) is 11.5. The van der Waals surface area contributed by atoms with E-state index in [0.717, 1.165) is 16.6 Å². The fraction of sp³-hybridized carbons (Fsp3) is 0.0667. The van der Waals surface area contributed by atoms with Crippen LogP contribution in [0.25, 0.3) is 10.9 Å². The van der Waals surface area contributed by atoms with Gasteiger partial charge in [0, 0.05) is 17.1 Å². The standard InChI is InChI=1S/C15H13N3O/c1-10-5-6-11-3-2-4-13(15(11)18-10)19-14-8-7-12(16)9-17-14/h2-9H,16H2,1H3. The summed E-state index contributed by atoms with van der Waals surface area (Å²) in [6, 6.07) is 13.3. The molecule has 2 heterocycles. The fourth-order valence-corrected chi connectivity index (χ4v) is 1.86. The molecule has 0 unspecified atom stereocenters. The third kappa shape index (κ3) is 2.33. The molecule has 0 aliphatic carbocycles. The van der Waals surface area contributed by atoms with Crippen molar-refractivity contribution in [1.29, 1.82) is 0 Å². The highest BCUT2D eigenvalue weighted by Crippen LogP contribution is 2.27. The van der Waals surface area contributed by atoms with E-state index >= 15 is 0 Å². The van der Waals surface area contributed by atoms with E-state index in [-0.39, 0.29) is 0 Å². The summed E-state index contributed by atoms with van der Waals surface area (Å²) in [5, 5.41) is 1.04. The van der Waals surface area contributed by atoms with Crippen molar-refractivity contribution in [3.05, 3.63) is 54.4 Å². The van der Waals surface area contributed by atoms with Gasteiger partial charge in [-0.15, -0.1) is 0 Å². The van der Waals surface area contributed by atoms with E-state index in [2.05, 4.69) is 9.97 Å². The molecular weight excluding hydrogens is 238 g/mol. The molecule has 19 heavy (non-hydrogen) atoms. The predicted octanol–water partition coefficient (Wildman–Crippen LogP) is 3.31. The van der Waals surface area contributed by atoms with Crippen molar-refractivity contribution in [2.45, 2.75) is 6.92 Å². The third-order valence-corrected chi connectivity index (χ3v) is 2.80. The van der Waals surface area contributed by atoms with Crippen molar-refractivity contribution in [3.63, 3.8) is 0 Å². The average molecular weight is 251 g/mol. The summed E-state index contributed by atoms with van der Waals surface area (Å²) in [6.07, 6.45) is 1.57. The Morgan fingerprint density at radius 1 is 1.05 bits per heavy atom. The van der Waals surface area contributed by atoms with Gasteiger partial charge in [0.1, 0.15) is 5.52 Å². The molecule has 4 heteroatoms. The number of fused-ring (bicyclic) bond motifs is 1. The lowest BCUT2D eigenvalue weighted by molar-refractivity contribution is 0.467. The van der Waals surface area contributed by atoms with Gasteiger partial charge in [0.05, 0.1) is 11.9 Å². The van der Waals surface area contributed by atoms with Gasteiger partial charge < -0.3 is 10.5 Å². The van der Waals surface area contributed by atoms with Crippen LogP contribution in [0.15, 0.2) is 48.7 Å². The molecule has 3 aromatic rings. The Morgan fingerprint density at radius 3 is 2.74 bits per heavy atom. The van der Waals surface area contributed by atoms with Crippen LogP contribution in [-0.4, -0.2) is 9.97 Å². The number of rotatable bonds is 2. The number of hydrogen-bond acceptors (Lipinski definition) is 4. The molecule has 0 bridgehead atoms. The Bertz CT molecular complexity index is 723. The highest BCUT2D eigenvalue weighted by Gasteiger charge is 2.05. The van der Waals surface area contributed by atoms with Crippen LogP contribution in [0.5, 0.6) is 11.6 Å². The second-order valence-electron chi connectivity index (χ2n) is 4.31. The first-order chi connectivity index (χ1) is 9.22. The molecule has 2 N–H and O–H groups in total.